The molecule has 0 radical (unpaired) electrons. The predicted octanol–water partition coefficient (Wildman–Crippen LogP) is 2.19. The molecule has 0 saturated heterocycles. The molecule has 1 aliphatic heterocycles. The summed E-state index contributed by atoms with van der Waals surface area (Å²) in [6.45, 7) is 0.510. The molecule has 0 spiro atoms. The van der Waals surface area contributed by atoms with E-state index in [1.54, 1.807) is 28.0 Å². The van der Waals surface area contributed by atoms with Crippen LogP contribution in [0.4, 0.5) is 5.82 Å². The third kappa shape index (κ3) is 2.55. The summed E-state index contributed by atoms with van der Waals surface area (Å²) in [5.74, 6) is 1.12. The number of nitrogens with zero attached hydrogens (tertiary/aromatic N) is 4. The van der Waals surface area contributed by atoms with E-state index >= 15 is 0 Å². The van der Waals surface area contributed by atoms with Crippen molar-refractivity contribution in [2.75, 3.05) is 11.5 Å². The van der Waals surface area contributed by atoms with Gasteiger partial charge in [0.25, 0.3) is 5.91 Å². The standard InChI is InChI=1S/C17H14N4O2/c22-16-12-23-15-3-1-8-18-17(15)20(16)11-13-4-6-14(7-5-13)21-10-2-9-19-21/h1-10H,11-12H2. The summed E-state index contributed by atoms with van der Waals surface area (Å²) in [6.07, 6.45) is 5.29. The van der Waals surface area contributed by atoms with Gasteiger partial charge in [-0.15, -0.1) is 0 Å². The minimum Gasteiger partial charge on any atom is -0.480 e. The van der Waals surface area contributed by atoms with Crippen LogP contribution in [0.3, 0.4) is 0 Å². The van der Waals surface area contributed by atoms with E-state index in [1.165, 1.54) is 0 Å². The molecule has 0 saturated carbocycles. The Kier molecular flexibility index (Phi) is 3.27. The van der Waals surface area contributed by atoms with Crippen LogP contribution in [0.1, 0.15) is 5.56 Å². The van der Waals surface area contributed by atoms with Gasteiger partial charge in [-0.2, -0.15) is 5.10 Å². The Morgan fingerprint density at radius 2 is 1.96 bits per heavy atom. The van der Waals surface area contributed by atoms with Crippen LogP contribution >= 0.6 is 0 Å². The van der Waals surface area contributed by atoms with E-state index in [9.17, 15) is 4.79 Å². The SMILES string of the molecule is O=C1COc2cccnc2N1Cc1ccc(-n2cccn2)cc1. The highest BCUT2D eigenvalue weighted by Crippen LogP contribution is 2.30. The van der Waals surface area contributed by atoms with Gasteiger partial charge in [-0.3, -0.25) is 9.69 Å². The molecule has 0 atom stereocenters. The highest BCUT2D eigenvalue weighted by Gasteiger charge is 2.26. The maximum absolute atomic E-state index is 12.2. The Labute approximate surface area is 132 Å². The maximum Gasteiger partial charge on any atom is 0.266 e. The van der Waals surface area contributed by atoms with E-state index in [4.69, 9.17) is 4.74 Å². The molecule has 1 aromatic carbocycles. The van der Waals surface area contributed by atoms with Crippen LogP contribution in [0.2, 0.25) is 0 Å². The lowest BCUT2D eigenvalue weighted by molar-refractivity contribution is -0.121. The van der Waals surface area contributed by atoms with Gasteiger partial charge in [-0.05, 0) is 35.9 Å². The van der Waals surface area contributed by atoms with Crippen molar-refractivity contribution < 1.29 is 9.53 Å². The largest absolute Gasteiger partial charge is 0.480 e. The van der Waals surface area contributed by atoms with Crippen LogP contribution < -0.4 is 9.64 Å². The first-order chi connectivity index (χ1) is 11.3. The van der Waals surface area contributed by atoms with Gasteiger partial charge < -0.3 is 4.74 Å². The number of pyridine rings is 1. The Balaban J connectivity index is 1.59. The van der Waals surface area contributed by atoms with E-state index < -0.39 is 0 Å². The van der Waals surface area contributed by atoms with Gasteiger partial charge in [0.05, 0.1) is 12.2 Å². The Morgan fingerprint density at radius 1 is 1.09 bits per heavy atom. The minimum absolute atomic E-state index is 0.0457. The molecule has 1 amide bonds. The number of carbonyl (C=O) groups excluding carboxylic acids is 1. The Morgan fingerprint density at radius 3 is 2.74 bits per heavy atom. The third-order valence-corrected chi connectivity index (χ3v) is 3.70. The molecule has 0 unspecified atom stereocenters. The molecule has 2 aromatic heterocycles. The molecule has 0 bridgehead atoms. The summed E-state index contributed by atoms with van der Waals surface area (Å²) in [4.78, 5) is 18.1. The van der Waals surface area contributed by atoms with Gasteiger partial charge in [0.1, 0.15) is 0 Å². The molecule has 23 heavy (non-hydrogen) atoms. The second-order valence-electron chi connectivity index (χ2n) is 5.21. The molecule has 3 heterocycles. The van der Waals surface area contributed by atoms with Crippen LogP contribution in [0, 0.1) is 0 Å². The second-order valence-corrected chi connectivity index (χ2v) is 5.21. The fourth-order valence-electron chi connectivity index (χ4n) is 2.55. The molecular formula is C17H14N4O2. The number of fused-ring (bicyclic) bond motifs is 1. The van der Waals surface area contributed by atoms with Gasteiger partial charge in [0.15, 0.2) is 18.2 Å². The Bertz CT molecular complexity index is 828. The molecule has 0 N–H and O–H groups in total. The summed E-state index contributed by atoms with van der Waals surface area (Å²) < 4.78 is 7.20. The van der Waals surface area contributed by atoms with E-state index in [0.717, 1.165) is 11.3 Å². The van der Waals surface area contributed by atoms with Crippen molar-refractivity contribution in [1.29, 1.82) is 0 Å². The Hall–Kier alpha value is -3.15. The zero-order valence-electron chi connectivity index (χ0n) is 12.3. The summed E-state index contributed by atoms with van der Waals surface area (Å²) in [6, 6.07) is 13.4. The molecule has 0 fully saturated rings. The summed E-state index contributed by atoms with van der Waals surface area (Å²) in [5.41, 5.74) is 2.00. The summed E-state index contributed by atoms with van der Waals surface area (Å²) in [7, 11) is 0. The molecule has 0 aliphatic carbocycles. The van der Waals surface area contributed by atoms with Crippen LogP contribution in [-0.4, -0.2) is 27.3 Å². The third-order valence-electron chi connectivity index (χ3n) is 3.70. The van der Waals surface area contributed by atoms with Gasteiger partial charge in [-0.1, -0.05) is 12.1 Å². The minimum atomic E-state index is -0.0904. The van der Waals surface area contributed by atoms with Crippen molar-refractivity contribution in [3.05, 3.63) is 66.6 Å². The number of carbonyl (C=O) groups is 1. The van der Waals surface area contributed by atoms with Crippen LogP contribution in [-0.2, 0) is 11.3 Å². The zero-order chi connectivity index (χ0) is 15.6. The number of rotatable bonds is 3. The first kappa shape index (κ1) is 13.5. The number of hydrogen-bond acceptors (Lipinski definition) is 4. The van der Waals surface area contributed by atoms with Crippen LogP contribution in [0.25, 0.3) is 5.69 Å². The van der Waals surface area contributed by atoms with E-state index in [-0.39, 0.29) is 12.5 Å². The maximum atomic E-state index is 12.2. The van der Waals surface area contributed by atoms with E-state index in [0.29, 0.717) is 18.1 Å². The topological polar surface area (TPSA) is 60.2 Å². The van der Waals surface area contributed by atoms with Gasteiger partial charge in [-0.25, -0.2) is 9.67 Å². The number of ether oxygens (including phenoxy) is 1. The monoisotopic (exact) mass is 306 g/mol. The number of anilines is 1. The molecule has 3 aromatic rings. The van der Waals surface area contributed by atoms with Crippen molar-refractivity contribution in [3.8, 4) is 11.4 Å². The number of aromatic nitrogens is 3. The lowest BCUT2D eigenvalue weighted by Gasteiger charge is -2.28. The second kappa shape index (κ2) is 5.57. The average Bonchev–Trinajstić information content (AvgIpc) is 3.13. The van der Waals surface area contributed by atoms with Gasteiger partial charge in [0, 0.05) is 18.6 Å². The van der Waals surface area contributed by atoms with Crippen molar-refractivity contribution in [3.63, 3.8) is 0 Å². The smallest absolute Gasteiger partial charge is 0.266 e. The van der Waals surface area contributed by atoms with Crippen molar-refractivity contribution in [1.82, 2.24) is 14.8 Å². The van der Waals surface area contributed by atoms with Crippen LogP contribution in [0.5, 0.6) is 5.75 Å². The first-order valence-electron chi connectivity index (χ1n) is 7.28. The molecule has 6 heteroatoms. The molecule has 114 valence electrons. The van der Waals surface area contributed by atoms with Crippen LogP contribution in [0.15, 0.2) is 61.1 Å². The van der Waals surface area contributed by atoms with Crippen molar-refractivity contribution in [2.24, 2.45) is 0 Å². The summed E-state index contributed by atoms with van der Waals surface area (Å²) in [5, 5.41) is 4.20. The molecule has 6 nitrogen and oxygen atoms in total. The first-order valence-corrected chi connectivity index (χ1v) is 7.28. The van der Waals surface area contributed by atoms with Gasteiger partial charge in [0.2, 0.25) is 0 Å². The molecule has 4 rings (SSSR count). The van der Waals surface area contributed by atoms with E-state index in [2.05, 4.69) is 10.1 Å². The highest BCUT2D eigenvalue weighted by molar-refractivity contribution is 5.96. The number of amides is 1. The fourth-order valence-corrected chi connectivity index (χ4v) is 2.55. The lowest BCUT2D eigenvalue weighted by Crippen LogP contribution is -2.38. The lowest BCUT2D eigenvalue weighted by atomic mass is 10.2. The summed E-state index contributed by atoms with van der Waals surface area (Å²) >= 11 is 0. The molecule has 1 aliphatic rings. The van der Waals surface area contributed by atoms with Gasteiger partial charge >= 0.3 is 0 Å². The van der Waals surface area contributed by atoms with Crippen molar-refractivity contribution in [2.45, 2.75) is 6.54 Å². The number of hydrogen-bond donors (Lipinski definition) is 0. The normalized spacial score (nSPS) is 13.6. The predicted molar refractivity (Wildman–Crippen MR) is 84.5 cm³/mol. The number of benzene rings is 1. The zero-order valence-corrected chi connectivity index (χ0v) is 12.3. The quantitative estimate of drug-likeness (QED) is 0.744. The van der Waals surface area contributed by atoms with Crippen molar-refractivity contribution >= 4 is 11.7 Å². The highest BCUT2D eigenvalue weighted by atomic mass is 16.5. The van der Waals surface area contributed by atoms with E-state index in [1.807, 2.05) is 42.6 Å². The molecular weight excluding hydrogens is 292 g/mol. The average molecular weight is 306 g/mol. The fraction of sp³-hybridized carbons (Fsp3) is 0.118.